The van der Waals surface area contributed by atoms with E-state index < -0.39 is 18.1 Å². The van der Waals surface area contributed by atoms with Crippen molar-refractivity contribution >= 4 is 32.7 Å². The number of fused-ring (bicyclic) bond motifs is 7. The van der Waals surface area contributed by atoms with Crippen LogP contribution < -0.4 is 0 Å². The van der Waals surface area contributed by atoms with E-state index in [0.717, 1.165) is 43.8 Å². The minimum absolute atomic E-state index is 0.00539. The molecule has 0 spiro atoms. The Hall–Kier alpha value is -5.61. The minimum Gasteiger partial charge on any atom is -0.456 e. The molecule has 0 fully saturated rings. The van der Waals surface area contributed by atoms with Gasteiger partial charge in [0.25, 0.3) is 0 Å². The van der Waals surface area contributed by atoms with E-state index in [4.69, 9.17) is 26.2 Å². The summed E-state index contributed by atoms with van der Waals surface area (Å²) in [6.45, 7) is 4.43. The highest BCUT2D eigenvalue weighted by Crippen LogP contribution is 2.49. The van der Waals surface area contributed by atoms with Gasteiger partial charge in [-0.15, -0.1) is 0 Å². The molecule has 4 nitrogen and oxygen atoms in total. The first-order valence-corrected chi connectivity index (χ1v) is 14.5. The van der Waals surface area contributed by atoms with Crippen LogP contribution in [0.3, 0.4) is 0 Å². The molecule has 0 N–H and O–H groups in total. The lowest BCUT2D eigenvalue weighted by Crippen LogP contribution is -2.14. The van der Waals surface area contributed by atoms with E-state index in [1.807, 2.05) is 48.5 Å². The molecule has 0 aliphatic heterocycles. The van der Waals surface area contributed by atoms with Crippen LogP contribution >= 0.6 is 0 Å². The maximum absolute atomic E-state index is 8.69. The van der Waals surface area contributed by atoms with E-state index in [2.05, 4.69) is 62.4 Å². The fraction of sp³-hybridized carbons (Fsp3) is 0.0750. The summed E-state index contributed by atoms with van der Waals surface area (Å²) >= 11 is 0. The quantitative estimate of drug-likeness (QED) is 0.212. The molecule has 0 saturated carbocycles. The van der Waals surface area contributed by atoms with Gasteiger partial charge in [-0.2, -0.15) is 0 Å². The smallest absolute Gasteiger partial charge is 0.164 e. The molecular formula is C40H27N3O. The molecule has 9 rings (SSSR count). The summed E-state index contributed by atoms with van der Waals surface area (Å²) in [6, 6.07) is 30.5. The SMILES string of the molecule is [2H]c1c([2H])c([2H])c(-c2nc(-c3ccc4c(c3)-c3ccccc3C4(C)C)nc(-c3ccc4c(c3)oc3cc5ccccc5cc34)n2)c([2H])c1[2H]. The van der Waals surface area contributed by atoms with Gasteiger partial charge in [0, 0.05) is 32.9 Å². The Morgan fingerprint density at radius 3 is 1.95 bits per heavy atom. The first-order chi connectivity index (χ1) is 23.6. The maximum Gasteiger partial charge on any atom is 0.164 e. The highest BCUT2D eigenvalue weighted by Gasteiger charge is 2.35. The predicted molar refractivity (Wildman–Crippen MR) is 178 cm³/mol. The molecule has 44 heavy (non-hydrogen) atoms. The van der Waals surface area contributed by atoms with Crippen LogP contribution in [0, 0.1) is 0 Å². The number of aromatic nitrogens is 3. The van der Waals surface area contributed by atoms with E-state index >= 15 is 0 Å². The minimum atomic E-state index is -0.476. The fourth-order valence-corrected chi connectivity index (χ4v) is 6.57. The van der Waals surface area contributed by atoms with Crippen LogP contribution in [-0.2, 0) is 5.41 Å². The third-order valence-corrected chi connectivity index (χ3v) is 8.80. The molecule has 0 unspecified atom stereocenters. The summed E-state index contributed by atoms with van der Waals surface area (Å²) < 4.78 is 48.5. The highest BCUT2D eigenvalue weighted by molar-refractivity contribution is 6.10. The normalized spacial score (nSPS) is 15.0. The van der Waals surface area contributed by atoms with Crippen molar-refractivity contribution in [3.63, 3.8) is 0 Å². The van der Waals surface area contributed by atoms with Crippen LogP contribution in [0.2, 0.25) is 0 Å². The summed E-state index contributed by atoms with van der Waals surface area (Å²) in [6.07, 6.45) is 0. The molecule has 0 radical (unpaired) electrons. The van der Waals surface area contributed by atoms with Gasteiger partial charge in [0.2, 0.25) is 0 Å². The topological polar surface area (TPSA) is 51.8 Å². The molecule has 6 aromatic carbocycles. The Kier molecular flexibility index (Phi) is 4.25. The van der Waals surface area contributed by atoms with Crippen molar-refractivity contribution < 1.29 is 11.3 Å². The van der Waals surface area contributed by atoms with Gasteiger partial charge in [-0.25, -0.2) is 15.0 Å². The third-order valence-electron chi connectivity index (χ3n) is 8.80. The Balaban J connectivity index is 1.27. The van der Waals surface area contributed by atoms with Crippen LogP contribution in [0.5, 0.6) is 0 Å². The highest BCUT2D eigenvalue weighted by atomic mass is 16.3. The summed E-state index contributed by atoms with van der Waals surface area (Å²) in [5.74, 6) is 0.613. The maximum atomic E-state index is 8.69. The Bertz CT molecular complexity index is 2690. The van der Waals surface area contributed by atoms with Crippen molar-refractivity contribution in [1.29, 1.82) is 0 Å². The Morgan fingerprint density at radius 1 is 0.545 bits per heavy atom. The van der Waals surface area contributed by atoms with Gasteiger partial charge in [-0.05, 0) is 63.4 Å². The monoisotopic (exact) mass is 570 g/mol. The zero-order chi connectivity index (χ0) is 33.8. The van der Waals surface area contributed by atoms with E-state index in [1.165, 1.54) is 11.1 Å². The van der Waals surface area contributed by atoms with Gasteiger partial charge < -0.3 is 4.42 Å². The number of furan rings is 1. The second kappa shape index (κ2) is 9.19. The molecule has 0 atom stereocenters. The van der Waals surface area contributed by atoms with Crippen molar-refractivity contribution in [1.82, 2.24) is 15.0 Å². The van der Waals surface area contributed by atoms with Crippen LogP contribution in [0.1, 0.15) is 31.8 Å². The number of rotatable bonds is 3. The van der Waals surface area contributed by atoms with Gasteiger partial charge in [0.15, 0.2) is 17.5 Å². The Morgan fingerprint density at radius 2 is 1.16 bits per heavy atom. The second-order valence-corrected chi connectivity index (χ2v) is 11.7. The number of benzene rings is 6. The number of nitrogens with zero attached hydrogens (tertiary/aromatic N) is 3. The van der Waals surface area contributed by atoms with Gasteiger partial charge in [-0.1, -0.05) is 111 Å². The van der Waals surface area contributed by atoms with E-state index in [-0.39, 0.29) is 28.9 Å². The van der Waals surface area contributed by atoms with Crippen LogP contribution in [0.4, 0.5) is 0 Å². The largest absolute Gasteiger partial charge is 0.456 e. The van der Waals surface area contributed by atoms with Gasteiger partial charge in [0.05, 0.1) is 6.85 Å². The van der Waals surface area contributed by atoms with Crippen molar-refractivity contribution in [2.75, 3.05) is 0 Å². The first-order valence-electron chi connectivity index (χ1n) is 17.0. The molecule has 8 aromatic rings. The van der Waals surface area contributed by atoms with Crippen molar-refractivity contribution in [3.8, 4) is 45.3 Å². The predicted octanol–water partition coefficient (Wildman–Crippen LogP) is 10.2. The molecule has 2 aromatic heterocycles. The first kappa shape index (κ1) is 20.3. The zero-order valence-electron chi connectivity index (χ0n) is 29.0. The average Bonchev–Trinajstić information content (AvgIpc) is 3.59. The van der Waals surface area contributed by atoms with Crippen LogP contribution in [0.25, 0.3) is 78.0 Å². The second-order valence-electron chi connectivity index (χ2n) is 11.7. The lowest BCUT2D eigenvalue weighted by molar-refractivity contribution is 0.660. The molecule has 4 heteroatoms. The molecule has 208 valence electrons. The average molecular weight is 571 g/mol. The van der Waals surface area contributed by atoms with Crippen molar-refractivity contribution in [2.24, 2.45) is 0 Å². The zero-order valence-corrected chi connectivity index (χ0v) is 24.0. The summed E-state index contributed by atoms with van der Waals surface area (Å²) in [5.41, 5.74) is 7.19. The van der Waals surface area contributed by atoms with Crippen molar-refractivity contribution in [2.45, 2.75) is 19.3 Å². The molecule has 2 heterocycles. The van der Waals surface area contributed by atoms with Crippen molar-refractivity contribution in [3.05, 3.63) is 138 Å². The van der Waals surface area contributed by atoms with Crippen LogP contribution in [0.15, 0.2) is 132 Å². The van der Waals surface area contributed by atoms with E-state index in [1.54, 1.807) is 0 Å². The van der Waals surface area contributed by atoms with Gasteiger partial charge in [-0.3, -0.25) is 0 Å². The van der Waals surface area contributed by atoms with E-state index in [9.17, 15) is 0 Å². The van der Waals surface area contributed by atoms with Crippen LogP contribution in [-0.4, -0.2) is 15.0 Å². The molecular weight excluding hydrogens is 538 g/mol. The molecule has 0 amide bonds. The summed E-state index contributed by atoms with van der Waals surface area (Å²) in [5, 5.41) is 4.15. The van der Waals surface area contributed by atoms with Gasteiger partial charge >= 0.3 is 0 Å². The lowest BCUT2D eigenvalue weighted by atomic mass is 9.82. The molecule has 0 bridgehead atoms. The lowest BCUT2D eigenvalue weighted by Gasteiger charge is -2.21. The molecule has 0 saturated heterocycles. The Labute approximate surface area is 261 Å². The standard InChI is InChI=1S/C40H27N3O/c1-40(2)33-15-9-8-14-29(33)31-21-27(17-19-34(31)40)38-41-37(24-10-4-3-5-11-24)42-39(43-38)28-16-18-30-32-20-25-12-6-7-13-26(25)22-36(32)44-35(30)23-28/h3-23H,1-2H3/i3D,4D,5D,10D,11D. The molecule has 1 aliphatic rings. The number of hydrogen-bond acceptors (Lipinski definition) is 4. The third kappa shape index (κ3) is 3.74. The number of hydrogen-bond donors (Lipinski definition) is 0. The van der Waals surface area contributed by atoms with E-state index in [0.29, 0.717) is 22.8 Å². The fourth-order valence-electron chi connectivity index (χ4n) is 6.57. The molecule has 1 aliphatic carbocycles. The summed E-state index contributed by atoms with van der Waals surface area (Å²) in [7, 11) is 0. The summed E-state index contributed by atoms with van der Waals surface area (Å²) in [4.78, 5) is 14.4. The van der Waals surface area contributed by atoms with Gasteiger partial charge in [0.1, 0.15) is 11.2 Å².